The Morgan fingerprint density at radius 1 is 1.27 bits per heavy atom. The second-order valence-electron chi connectivity index (χ2n) is 3.47. The van der Waals surface area contributed by atoms with Gasteiger partial charge in [0.2, 0.25) is 0 Å². The molecule has 0 unspecified atom stereocenters. The fraction of sp³-hybridized carbons (Fsp3) is 0.250. The minimum atomic E-state index is -1.13. The van der Waals surface area contributed by atoms with Gasteiger partial charge in [0.05, 0.1) is 5.75 Å². The number of carbonyl (C=O) groups excluding carboxylic acids is 1. The van der Waals surface area contributed by atoms with E-state index in [4.69, 9.17) is 0 Å². The molecule has 80 valence electrons. The molecule has 1 aromatic carbocycles. The van der Waals surface area contributed by atoms with E-state index in [1.54, 1.807) is 24.3 Å². The summed E-state index contributed by atoms with van der Waals surface area (Å²) >= 11 is 0. The predicted molar refractivity (Wildman–Crippen MR) is 63.5 cm³/mol. The Balaban J connectivity index is 2.57. The van der Waals surface area contributed by atoms with Gasteiger partial charge < -0.3 is 0 Å². The molecule has 0 saturated heterocycles. The summed E-state index contributed by atoms with van der Waals surface area (Å²) in [6, 6.07) is 8.92. The van der Waals surface area contributed by atoms with Crippen LogP contribution in [-0.4, -0.2) is 21.5 Å². The first-order valence-electron chi connectivity index (χ1n) is 4.67. The van der Waals surface area contributed by atoms with Gasteiger partial charge in [0.1, 0.15) is 0 Å². The van der Waals surface area contributed by atoms with Crippen LogP contribution in [0.1, 0.15) is 17.3 Å². The third kappa shape index (κ3) is 4.21. The highest BCUT2D eigenvalue weighted by atomic mass is 32.2. The lowest BCUT2D eigenvalue weighted by molar-refractivity contribution is 0.102. The van der Waals surface area contributed by atoms with Gasteiger partial charge in [-0.3, -0.25) is 9.00 Å². The van der Waals surface area contributed by atoms with Crippen LogP contribution in [0, 0.1) is 0 Å². The highest BCUT2D eigenvalue weighted by Gasteiger charge is 2.09. The Morgan fingerprint density at radius 3 is 2.40 bits per heavy atom. The molecule has 2 nitrogen and oxygen atoms in total. The van der Waals surface area contributed by atoms with E-state index in [1.807, 2.05) is 13.0 Å². The van der Waals surface area contributed by atoms with Gasteiger partial charge in [0.15, 0.2) is 5.78 Å². The van der Waals surface area contributed by atoms with Gasteiger partial charge in [0.25, 0.3) is 0 Å². The molecular weight excluding hydrogens is 208 g/mol. The maximum absolute atomic E-state index is 11.6. The highest BCUT2D eigenvalue weighted by Crippen LogP contribution is 2.02. The summed E-state index contributed by atoms with van der Waals surface area (Å²) in [5, 5.41) is 0. The smallest absolute Gasteiger partial charge is 0.175 e. The van der Waals surface area contributed by atoms with Gasteiger partial charge >= 0.3 is 0 Å². The Kier molecular flexibility index (Phi) is 4.43. The molecule has 0 radical (unpaired) electrons. The number of carbonyl (C=O) groups is 1. The fourth-order valence-electron chi connectivity index (χ4n) is 1.18. The van der Waals surface area contributed by atoms with Crippen LogP contribution in [-0.2, 0) is 10.8 Å². The SMILES string of the molecule is C=C(C)C[S@](=O)CC(=O)c1ccccc1. The minimum Gasteiger partial charge on any atom is -0.293 e. The molecular formula is C12H14O2S. The molecule has 0 aliphatic heterocycles. The predicted octanol–water partition coefficient (Wildman–Crippen LogP) is 2.19. The normalized spacial score (nSPS) is 12.1. The second kappa shape index (κ2) is 5.61. The van der Waals surface area contributed by atoms with Crippen molar-refractivity contribution in [3.63, 3.8) is 0 Å². The van der Waals surface area contributed by atoms with Crippen LogP contribution in [0.5, 0.6) is 0 Å². The Labute approximate surface area is 92.5 Å². The standard InChI is InChI=1S/C12H14O2S/c1-10(2)8-15(14)9-12(13)11-6-4-3-5-7-11/h3-7H,1,8-9H2,2H3/t15-/m0/s1. The molecule has 0 aliphatic carbocycles. The summed E-state index contributed by atoms with van der Waals surface area (Å²) in [6.07, 6.45) is 0. The summed E-state index contributed by atoms with van der Waals surface area (Å²) in [4.78, 5) is 11.6. The van der Waals surface area contributed by atoms with Crippen molar-refractivity contribution in [2.45, 2.75) is 6.92 Å². The number of benzene rings is 1. The lowest BCUT2D eigenvalue weighted by atomic mass is 10.2. The topological polar surface area (TPSA) is 34.1 Å². The fourth-order valence-corrected chi connectivity index (χ4v) is 2.29. The van der Waals surface area contributed by atoms with E-state index >= 15 is 0 Å². The summed E-state index contributed by atoms with van der Waals surface area (Å²) < 4.78 is 11.5. The van der Waals surface area contributed by atoms with Gasteiger partial charge in [-0.2, -0.15) is 0 Å². The highest BCUT2D eigenvalue weighted by molar-refractivity contribution is 7.85. The number of hydrogen-bond acceptors (Lipinski definition) is 2. The number of ketones is 1. The van der Waals surface area contributed by atoms with Gasteiger partial charge in [-0.15, -0.1) is 0 Å². The van der Waals surface area contributed by atoms with Crippen molar-refractivity contribution in [1.82, 2.24) is 0 Å². The zero-order chi connectivity index (χ0) is 11.3. The van der Waals surface area contributed by atoms with Crippen LogP contribution in [0.25, 0.3) is 0 Å². The van der Waals surface area contributed by atoms with Crippen molar-refractivity contribution in [3.8, 4) is 0 Å². The first-order valence-corrected chi connectivity index (χ1v) is 6.16. The van der Waals surface area contributed by atoms with Crippen molar-refractivity contribution < 1.29 is 9.00 Å². The van der Waals surface area contributed by atoms with Crippen LogP contribution in [0.15, 0.2) is 42.5 Å². The molecule has 0 aliphatic rings. The van der Waals surface area contributed by atoms with E-state index in [1.165, 1.54) is 0 Å². The average molecular weight is 222 g/mol. The van der Waals surface area contributed by atoms with Crippen LogP contribution >= 0.6 is 0 Å². The van der Waals surface area contributed by atoms with Crippen molar-refractivity contribution in [3.05, 3.63) is 48.0 Å². The third-order valence-corrected chi connectivity index (χ3v) is 3.19. The van der Waals surface area contributed by atoms with Crippen LogP contribution in [0.4, 0.5) is 0 Å². The summed E-state index contributed by atoms with van der Waals surface area (Å²) in [5.74, 6) is 0.408. The molecule has 1 atom stereocenters. The maximum atomic E-state index is 11.6. The monoisotopic (exact) mass is 222 g/mol. The molecule has 0 bridgehead atoms. The largest absolute Gasteiger partial charge is 0.293 e. The van der Waals surface area contributed by atoms with E-state index in [0.717, 1.165) is 5.57 Å². The molecule has 0 spiro atoms. The third-order valence-electron chi connectivity index (χ3n) is 1.80. The van der Waals surface area contributed by atoms with Crippen molar-refractivity contribution in [2.24, 2.45) is 0 Å². The zero-order valence-corrected chi connectivity index (χ0v) is 9.55. The molecule has 0 N–H and O–H groups in total. The molecule has 0 amide bonds. The molecule has 3 heteroatoms. The van der Waals surface area contributed by atoms with E-state index in [2.05, 4.69) is 6.58 Å². The zero-order valence-electron chi connectivity index (χ0n) is 8.73. The maximum Gasteiger partial charge on any atom is 0.175 e. The first-order chi connectivity index (χ1) is 7.09. The van der Waals surface area contributed by atoms with Crippen molar-refractivity contribution in [2.75, 3.05) is 11.5 Å². The lowest BCUT2D eigenvalue weighted by Crippen LogP contribution is -2.13. The van der Waals surface area contributed by atoms with E-state index in [9.17, 15) is 9.00 Å². The van der Waals surface area contributed by atoms with Crippen LogP contribution in [0.2, 0.25) is 0 Å². The van der Waals surface area contributed by atoms with Crippen LogP contribution < -0.4 is 0 Å². The number of Topliss-reactive ketones (excluding diaryl/α,β-unsaturated/α-hetero) is 1. The minimum absolute atomic E-state index is 0.0739. The van der Waals surface area contributed by atoms with Crippen molar-refractivity contribution >= 4 is 16.6 Å². The Morgan fingerprint density at radius 2 is 1.87 bits per heavy atom. The molecule has 0 heterocycles. The van der Waals surface area contributed by atoms with E-state index < -0.39 is 10.8 Å². The van der Waals surface area contributed by atoms with E-state index in [0.29, 0.717) is 11.3 Å². The average Bonchev–Trinajstić information content (AvgIpc) is 2.17. The molecule has 1 aromatic rings. The molecule has 0 fully saturated rings. The number of hydrogen-bond donors (Lipinski definition) is 0. The van der Waals surface area contributed by atoms with Gasteiger partial charge in [-0.25, -0.2) is 0 Å². The molecule has 0 saturated carbocycles. The summed E-state index contributed by atoms with van der Waals surface area (Å²) in [7, 11) is -1.13. The van der Waals surface area contributed by atoms with Gasteiger partial charge in [-0.05, 0) is 6.92 Å². The number of rotatable bonds is 5. The lowest BCUT2D eigenvalue weighted by Gasteiger charge is -2.01. The Hall–Kier alpha value is -1.22. The summed E-state index contributed by atoms with van der Waals surface area (Å²) in [5.41, 5.74) is 1.46. The summed E-state index contributed by atoms with van der Waals surface area (Å²) in [6.45, 7) is 5.48. The van der Waals surface area contributed by atoms with Gasteiger partial charge in [0, 0.05) is 22.1 Å². The van der Waals surface area contributed by atoms with E-state index in [-0.39, 0.29) is 11.5 Å². The first kappa shape index (κ1) is 11.9. The second-order valence-corrected chi connectivity index (χ2v) is 4.93. The van der Waals surface area contributed by atoms with Gasteiger partial charge in [-0.1, -0.05) is 42.5 Å². The molecule has 1 rings (SSSR count). The quantitative estimate of drug-likeness (QED) is 0.565. The Bertz CT molecular complexity index is 382. The van der Waals surface area contributed by atoms with Crippen molar-refractivity contribution in [1.29, 1.82) is 0 Å². The molecule has 0 aromatic heterocycles. The van der Waals surface area contributed by atoms with Crippen LogP contribution in [0.3, 0.4) is 0 Å². The molecule has 15 heavy (non-hydrogen) atoms.